The second-order valence-corrected chi connectivity index (χ2v) is 4.47. The van der Waals surface area contributed by atoms with E-state index in [1.807, 2.05) is 37.3 Å². The molecule has 1 heterocycles. The average molecular weight is 278 g/mol. The Hall–Kier alpha value is -1.35. The van der Waals surface area contributed by atoms with E-state index in [9.17, 15) is 0 Å². The van der Waals surface area contributed by atoms with Crippen LogP contribution in [-0.2, 0) is 6.61 Å². The highest BCUT2D eigenvalue weighted by Gasteiger charge is 2.00. The van der Waals surface area contributed by atoms with Crippen LogP contribution in [0.15, 0.2) is 47.2 Å². The van der Waals surface area contributed by atoms with E-state index >= 15 is 0 Å². The lowest BCUT2D eigenvalue weighted by Crippen LogP contribution is -1.96. The number of halogens is 1. The predicted molar refractivity (Wildman–Crippen MR) is 67.4 cm³/mol. The standard InChI is InChI=1S/C13H12BrNO/c1-10-8-12(14)2-3-13(10)16-9-11-4-6-15-7-5-11/h2-8H,9H2,1H3. The van der Waals surface area contributed by atoms with Crippen LogP contribution in [0.4, 0.5) is 0 Å². The van der Waals surface area contributed by atoms with E-state index in [2.05, 4.69) is 20.9 Å². The maximum absolute atomic E-state index is 5.73. The molecule has 0 fully saturated rings. The van der Waals surface area contributed by atoms with Gasteiger partial charge in [0.2, 0.25) is 0 Å². The molecule has 0 aliphatic rings. The Kier molecular flexibility index (Phi) is 3.57. The first-order chi connectivity index (χ1) is 7.75. The molecule has 2 aromatic rings. The van der Waals surface area contributed by atoms with Gasteiger partial charge in [-0.3, -0.25) is 4.98 Å². The van der Waals surface area contributed by atoms with E-state index < -0.39 is 0 Å². The number of aryl methyl sites for hydroxylation is 1. The average Bonchev–Trinajstić information content (AvgIpc) is 2.29. The fourth-order valence-electron chi connectivity index (χ4n) is 1.41. The van der Waals surface area contributed by atoms with Crippen molar-refractivity contribution in [3.8, 4) is 5.75 Å². The van der Waals surface area contributed by atoms with Gasteiger partial charge in [-0.1, -0.05) is 15.9 Å². The molecule has 0 amide bonds. The molecule has 0 N–H and O–H groups in total. The van der Waals surface area contributed by atoms with Crippen LogP contribution < -0.4 is 4.74 Å². The summed E-state index contributed by atoms with van der Waals surface area (Å²) in [7, 11) is 0. The summed E-state index contributed by atoms with van der Waals surface area (Å²) in [5.74, 6) is 0.917. The van der Waals surface area contributed by atoms with Crippen LogP contribution in [0.5, 0.6) is 5.75 Å². The summed E-state index contributed by atoms with van der Waals surface area (Å²) >= 11 is 3.43. The molecule has 0 atom stereocenters. The van der Waals surface area contributed by atoms with Gasteiger partial charge in [0.25, 0.3) is 0 Å². The van der Waals surface area contributed by atoms with Gasteiger partial charge < -0.3 is 4.74 Å². The van der Waals surface area contributed by atoms with Crippen molar-refractivity contribution >= 4 is 15.9 Å². The number of ether oxygens (including phenoxy) is 1. The summed E-state index contributed by atoms with van der Waals surface area (Å²) in [5.41, 5.74) is 2.25. The largest absolute Gasteiger partial charge is 0.489 e. The third-order valence-electron chi connectivity index (χ3n) is 2.28. The molecule has 2 rings (SSSR count). The second-order valence-electron chi connectivity index (χ2n) is 3.55. The minimum atomic E-state index is 0.574. The van der Waals surface area contributed by atoms with Gasteiger partial charge >= 0.3 is 0 Å². The zero-order chi connectivity index (χ0) is 11.4. The molecule has 0 spiro atoms. The SMILES string of the molecule is Cc1cc(Br)ccc1OCc1ccncc1. The van der Waals surface area contributed by atoms with Crippen LogP contribution in [0.1, 0.15) is 11.1 Å². The molecular formula is C13H12BrNO. The molecule has 16 heavy (non-hydrogen) atoms. The van der Waals surface area contributed by atoms with Gasteiger partial charge in [0.1, 0.15) is 12.4 Å². The van der Waals surface area contributed by atoms with Gasteiger partial charge in [0, 0.05) is 16.9 Å². The number of benzene rings is 1. The lowest BCUT2D eigenvalue weighted by Gasteiger charge is -2.09. The molecule has 0 radical (unpaired) electrons. The highest BCUT2D eigenvalue weighted by Crippen LogP contribution is 2.22. The fourth-order valence-corrected chi connectivity index (χ4v) is 1.89. The maximum Gasteiger partial charge on any atom is 0.122 e. The molecule has 0 unspecified atom stereocenters. The smallest absolute Gasteiger partial charge is 0.122 e. The van der Waals surface area contributed by atoms with Crippen LogP contribution in [0.25, 0.3) is 0 Å². The Balaban J connectivity index is 2.05. The van der Waals surface area contributed by atoms with Crippen LogP contribution in [0.3, 0.4) is 0 Å². The van der Waals surface area contributed by atoms with E-state index in [4.69, 9.17) is 4.74 Å². The van der Waals surface area contributed by atoms with Gasteiger partial charge in [-0.05, 0) is 48.4 Å². The molecule has 1 aromatic heterocycles. The zero-order valence-electron chi connectivity index (χ0n) is 8.98. The quantitative estimate of drug-likeness (QED) is 0.853. The third-order valence-corrected chi connectivity index (χ3v) is 2.77. The topological polar surface area (TPSA) is 22.1 Å². The van der Waals surface area contributed by atoms with Crippen molar-refractivity contribution in [3.63, 3.8) is 0 Å². The number of nitrogens with zero attached hydrogens (tertiary/aromatic N) is 1. The Morgan fingerprint density at radius 3 is 2.62 bits per heavy atom. The van der Waals surface area contributed by atoms with Crippen molar-refractivity contribution in [2.75, 3.05) is 0 Å². The molecule has 0 aliphatic heterocycles. The van der Waals surface area contributed by atoms with Crippen molar-refractivity contribution in [3.05, 3.63) is 58.3 Å². The van der Waals surface area contributed by atoms with Crippen LogP contribution in [-0.4, -0.2) is 4.98 Å². The molecule has 3 heteroatoms. The van der Waals surface area contributed by atoms with E-state index in [0.29, 0.717) is 6.61 Å². The van der Waals surface area contributed by atoms with Gasteiger partial charge in [-0.25, -0.2) is 0 Å². The first-order valence-corrected chi connectivity index (χ1v) is 5.83. The maximum atomic E-state index is 5.73. The fraction of sp³-hybridized carbons (Fsp3) is 0.154. The zero-order valence-corrected chi connectivity index (χ0v) is 10.6. The summed E-state index contributed by atoms with van der Waals surface area (Å²) in [6.45, 7) is 2.61. The number of aromatic nitrogens is 1. The van der Waals surface area contributed by atoms with Crippen LogP contribution in [0.2, 0.25) is 0 Å². The highest BCUT2D eigenvalue weighted by atomic mass is 79.9. The number of rotatable bonds is 3. The lowest BCUT2D eigenvalue weighted by atomic mass is 10.2. The summed E-state index contributed by atoms with van der Waals surface area (Å²) in [5, 5.41) is 0. The van der Waals surface area contributed by atoms with Crippen molar-refractivity contribution in [1.82, 2.24) is 4.98 Å². The lowest BCUT2D eigenvalue weighted by molar-refractivity contribution is 0.304. The van der Waals surface area contributed by atoms with Gasteiger partial charge in [-0.15, -0.1) is 0 Å². The van der Waals surface area contributed by atoms with Crippen molar-refractivity contribution in [1.29, 1.82) is 0 Å². The van der Waals surface area contributed by atoms with E-state index in [1.165, 1.54) is 0 Å². The molecule has 0 saturated carbocycles. The van der Waals surface area contributed by atoms with Crippen LogP contribution >= 0.6 is 15.9 Å². The molecule has 82 valence electrons. The minimum Gasteiger partial charge on any atom is -0.489 e. The normalized spacial score (nSPS) is 10.1. The molecule has 2 nitrogen and oxygen atoms in total. The highest BCUT2D eigenvalue weighted by molar-refractivity contribution is 9.10. The predicted octanol–water partition coefficient (Wildman–Crippen LogP) is 3.73. The van der Waals surface area contributed by atoms with E-state index in [0.717, 1.165) is 21.3 Å². The molecule has 0 aliphatic carbocycles. The van der Waals surface area contributed by atoms with Gasteiger partial charge in [0.15, 0.2) is 0 Å². The Morgan fingerprint density at radius 2 is 1.94 bits per heavy atom. The van der Waals surface area contributed by atoms with Crippen molar-refractivity contribution in [2.24, 2.45) is 0 Å². The van der Waals surface area contributed by atoms with E-state index in [1.54, 1.807) is 12.4 Å². The van der Waals surface area contributed by atoms with Crippen LogP contribution in [0, 0.1) is 6.92 Å². The monoisotopic (exact) mass is 277 g/mol. The third kappa shape index (κ3) is 2.83. The van der Waals surface area contributed by atoms with Crippen molar-refractivity contribution < 1.29 is 4.74 Å². The molecular weight excluding hydrogens is 266 g/mol. The minimum absolute atomic E-state index is 0.574. The summed E-state index contributed by atoms with van der Waals surface area (Å²) in [6, 6.07) is 9.90. The van der Waals surface area contributed by atoms with Gasteiger partial charge in [-0.2, -0.15) is 0 Å². The summed E-state index contributed by atoms with van der Waals surface area (Å²) in [4.78, 5) is 3.97. The Labute approximate surface area is 103 Å². The van der Waals surface area contributed by atoms with Gasteiger partial charge in [0.05, 0.1) is 0 Å². The summed E-state index contributed by atoms with van der Waals surface area (Å²) < 4.78 is 6.80. The van der Waals surface area contributed by atoms with E-state index in [-0.39, 0.29) is 0 Å². The first kappa shape index (κ1) is 11.1. The number of pyridine rings is 1. The Morgan fingerprint density at radius 1 is 1.19 bits per heavy atom. The molecule has 0 saturated heterocycles. The Bertz CT molecular complexity index is 471. The first-order valence-electron chi connectivity index (χ1n) is 5.03. The second kappa shape index (κ2) is 5.12. The summed E-state index contributed by atoms with van der Waals surface area (Å²) in [6.07, 6.45) is 3.54. The van der Waals surface area contributed by atoms with Crippen molar-refractivity contribution in [2.45, 2.75) is 13.5 Å². The molecule has 0 bridgehead atoms. The number of hydrogen-bond donors (Lipinski definition) is 0. The molecule has 1 aromatic carbocycles. The number of hydrogen-bond acceptors (Lipinski definition) is 2.